The third-order valence-corrected chi connectivity index (χ3v) is 3.24. The molecule has 1 heterocycles. The average Bonchev–Trinajstić information content (AvgIpc) is 2.34. The first kappa shape index (κ1) is 11.2. The van der Waals surface area contributed by atoms with Crippen LogP contribution in [-0.2, 0) is 11.2 Å². The molecular weight excluding hydrogens is 250 g/mol. The van der Waals surface area contributed by atoms with Crippen LogP contribution in [0.25, 0.3) is 0 Å². The molecule has 1 aliphatic carbocycles. The van der Waals surface area contributed by atoms with Crippen LogP contribution < -0.4 is 5.32 Å². The van der Waals surface area contributed by atoms with Crippen molar-refractivity contribution in [2.75, 3.05) is 5.32 Å². The van der Waals surface area contributed by atoms with Crippen LogP contribution in [0.5, 0.6) is 0 Å². The van der Waals surface area contributed by atoms with Crippen molar-refractivity contribution in [3.05, 3.63) is 52.9 Å². The Morgan fingerprint density at radius 3 is 2.83 bits per heavy atom. The molecule has 1 aliphatic rings. The van der Waals surface area contributed by atoms with Crippen molar-refractivity contribution in [3.8, 4) is 0 Å². The number of aromatic nitrogens is 2. The summed E-state index contributed by atoms with van der Waals surface area (Å²) in [7, 11) is 0. The van der Waals surface area contributed by atoms with E-state index in [1.54, 1.807) is 0 Å². The van der Waals surface area contributed by atoms with Gasteiger partial charge in [-0.3, -0.25) is 4.79 Å². The lowest BCUT2D eigenvalue weighted by molar-refractivity contribution is -0.118. The van der Waals surface area contributed by atoms with E-state index in [4.69, 9.17) is 11.6 Å². The van der Waals surface area contributed by atoms with Crippen LogP contribution in [0, 0.1) is 0 Å². The highest BCUT2D eigenvalue weighted by Crippen LogP contribution is 2.35. The number of fused-ring (bicyclic) bond motifs is 1. The second kappa shape index (κ2) is 4.38. The van der Waals surface area contributed by atoms with Gasteiger partial charge in [-0.25, -0.2) is 9.97 Å². The average molecular weight is 260 g/mol. The van der Waals surface area contributed by atoms with Crippen LogP contribution in [0.1, 0.15) is 17.0 Å². The van der Waals surface area contributed by atoms with E-state index in [2.05, 4.69) is 15.3 Å². The van der Waals surface area contributed by atoms with Gasteiger partial charge in [-0.15, -0.1) is 0 Å². The number of rotatable bonds is 2. The molecule has 18 heavy (non-hydrogen) atoms. The van der Waals surface area contributed by atoms with Crippen molar-refractivity contribution < 1.29 is 4.79 Å². The fourth-order valence-electron chi connectivity index (χ4n) is 2.08. The summed E-state index contributed by atoms with van der Waals surface area (Å²) in [6, 6.07) is 7.95. The van der Waals surface area contributed by atoms with E-state index in [0.29, 0.717) is 11.0 Å². The number of nitrogens with zero attached hydrogens (tertiary/aromatic N) is 2. The molecule has 1 amide bonds. The monoisotopic (exact) mass is 259 g/mol. The first-order valence-electron chi connectivity index (χ1n) is 5.60. The third-order valence-electron chi connectivity index (χ3n) is 3.04. The van der Waals surface area contributed by atoms with Gasteiger partial charge in [-0.2, -0.15) is 0 Å². The Labute approximate surface area is 109 Å². The Morgan fingerprint density at radius 1 is 1.28 bits per heavy atom. The number of hydrogen-bond donors (Lipinski definition) is 1. The molecule has 1 aromatic carbocycles. The van der Waals surface area contributed by atoms with E-state index >= 15 is 0 Å². The van der Waals surface area contributed by atoms with Crippen LogP contribution in [0.3, 0.4) is 0 Å². The van der Waals surface area contributed by atoms with Gasteiger partial charge in [-0.05, 0) is 17.5 Å². The summed E-state index contributed by atoms with van der Waals surface area (Å²) >= 11 is 5.63. The Morgan fingerprint density at radius 2 is 2.11 bits per heavy atom. The largest absolute Gasteiger partial charge is 0.309 e. The van der Waals surface area contributed by atoms with Gasteiger partial charge in [0, 0.05) is 0 Å². The lowest BCUT2D eigenvalue weighted by Crippen LogP contribution is -2.30. The van der Waals surface area contributed by atoms with Crippen molar-refractivity contribution in [2.24, 2.45) is 0 Å². The second-order valence-corrected chi connectivity index (χ2v) is 4.56. The zero-order valence-electron chi connectivity index (χ0n) is 9.43. The van der Waals surface area contributed by atoms with Gasteiger partial charge in [0.25, 0.3) is 0 Å². The maximum atomic E-state index is 12.0. The number of hydrogen-bond acceptors (Lipinski definition) is 3. The maximum absolute atomic E-state index is 12.0. The molecule has 1 N–H and O–H groups in total. The predicted molar refractivity (Wildman–Crippen MR) is 68.6 cm³/mol. The van der Waals surface area contributed by atoms with Gasteiger partial charge < -0.3 is 5.32 Å². The SMILES string of the molecule is O=C(Nc1cnc(Cl)cn1)C1Cc2ccccc21. The summed E-state index contributed by atoms with van der Waals surface area (Å²) in [4.78, 5) is 19.9. The Bertz CT molecular complexity index is 597. The highest BCUT2D eigenvalue weighted by Gasteiger charge is 2.31. The van der Waals surface area contributed by atoms with Crippen molar-refractivity contribution in [1.29, 1.82) is 0 Å². The molecule has 1 atom stereocenters. The topological polar surface area (TPSA) is 54.9 Å². The maximum Gasteiger partial charge on any atom is 0.233 e. The minimum absolute atomic E-state index is 0.0506. The fourth-order valence-corrected chi connectivity index (χ4v) is 2.18. The van der Waals surface area contributed by atoms with Crippen LogP contribution in [0.2, 0.25) is 5.15 Å². The smallest absolute Gasteiger partial charge is 0.233 e. The molecule has 0 radical (unpaired) electrons. The number of anilines is 1. The highest BCUT2D eigenvalue weighted by molar-refractivity contribution is 6.29. The number of carbonyl (C=O) groups is 1. The van der Waals surface area contributed by atoms with Crippen molar-refractivity contribution in [3.63, 3.8) is 0 Å². The molecule has 0 spiro atoms. The molecule has 0 fully saturated rings. The fraction of sp³-hybridized carbons (Fsp3) is 0.154. The molecule has 1 aromatic heterocycles. The molecule has 4 nitrogen and oxygen atoms in total. The van der Waals surface area contributed by atoms with Crippen LogP contribution in [0.15, 0.2) is 36.7 Å². The number of halogens is 1. The van der Waals surface area contributed by atoms with E-state index in [1.807, 2.05) is 24.3 Å². The van der Waals surface area contributed by atoms with Crippen LogP contribution in [0.4, 0.5) is 5.82 Å². The molecule has 0 saturated heterocycles. The van der Waals surface area contributed by atoms with Gasteiger partial charge in [0.2, 0.25) is 5.91 Å². The van der Waals surface area contributed by atoms with Gasteiger partial charge >= 0.3 is 0 Å². The molecule has 0 saturated carbocycles. The van der Waals surface area contributed by atoms with Crippen LogP contribution in [-0.4, -0.2) is 15.9 Å². The number of nitrogens with one attached hydrogen (secondary N) is 1. The van der Waals surface area contributed by atoms with Gasteiger partial charge in [-0.1, -0.05) is 35.9 Å². The first-order valence-corrected chi connectivity index (χ1v) is 5.98. The third kappa shape index (κ3) is 1.95. The van der Waals surface area contributed by atoms with E-state index in [0.717, 1.165) is 12.0 Å². The van der Waals surface area contributed by atoms with Crippen molar-refractivity contribution >= 4 is 23.3 Å². The first-order chi connectivity index (χ1) is 8.74. The summed E-state index contributed by atoms with van der Waals surface area (Å²) in [5.74, 6) is 0.290. The quantitative estimate of drug-likeness (QED) is 0.901. The summed E-state index contributed by atoms with van der Waals surface area (Å²) < 4.78 is 0. The lowest BCUT2D eigenvalue weighted by Gasteiger charge is -2.28. The van der Waals surface area contributed by atoms with E-state index in [-0.39, 0.29) is 11.8 Å². The summed E-state index contributed by atoms with van der Waals surface area (Å²) in [6.45, 7) is 0. The van der Waals surface area contributed by atoms with Gasteiger partial charge in [0.05, 0.1) is 18.3 Å². The van der Waals surface area contributed by atoms with Crippen molar-refractivity contribution in [2.45, 2.75) is 12.3 Å². The molecule has 5 heteroatoms. The zero-order chi connectivity index (χ0) is 12.5. The second-order valence-electron chi connectivity index (χ2n) is 4.17. The molecular formula is C13H10ClN3O. The van der Waals surface area contributed by atoms with Gasteiger partial charge in [0.1, 0.15) is 5.15 Å². The van der Waals surface area contributed by atoms with Crippen molar-refractivity contribution in [1.82, 2.24) is 9.97 Å². The minimum atomic E-state index is -0.0846. The number of amides is 1. The Kier molecular flexibility index (Phi) is 2.72. The minimum Gasteiger partial charge on any atom is -0.309 e. The summed E-state index contributed by atoms with van der Waals surface area (Å²) in [5, 5.41) is 3.05. The lowest BCUT2D eigenvalue weighted by atomic mass is 9.77. The predicted octanol–water partition coefficient (Wildman–Crippen LogP) is 2.41. The van der Waals surface area contributed by atoms with Gasteiger partial charge in [0.15, 0.2) is 5.82 Å². The highest BCUT2D eigenvalue weighted by atomic mass is 35.5. The Balaban J connectivity index is 1.72. The molecule has 3 rings (SSSR count). The van der Waals surface area contributed by atoms with Crippen LogP contribution >= 0.6 is 11.6 Å². The molecule has 0 aliphatic heterocycles. The summed E-state index contributed by atoms with van der Waals surface area (Å²) in [5.41, 5.74) is 2.33. The molecule has 90 valence electrons. The summed E-state index contributed by atoms with van der Waals surface area (Å²) in [6.07, 6.45) is 3.64. The normalized spacial score (nSPS) is 16.6. The standard InChI is InChI=1S/C13H10ClN3O/c14-11-6-16-12(7-15-11)17-13(18)10-5-8-3-1-2-4-9(8)10/h1-4,6-7,10H,5H2,(H,16,17,18). The molecule has 2 aromatic rings. The number of benzene rings is 1. The van der Waals surface area contributed by atoms with E-state index in [9.17, 15) is 4.79 Å². The Hall–Kier alpha value is -1.94. The van der Waals surface area contributed by atoms with E-state index in [1.165, 1.54) is 18.0 Å². The zero-order valence-corrected chi connectivity index (χ0v) is 10.2. The van der Waals surface area contributed by atoms with E-state index < -0.39 is 0 Å². The molecule has 1 unspecified atom stereocenters. The molecule has 0 bridgehead atoms. The number of carbonyl (C=O) groups excluding carboxylic acids is 1.